The van der Waals surface area contributed by atoms with Crippen molar-refractivity contribution in [3.05, 3.63) is 34.2 Å². The minimum atomic E-state index is -1.17. The number of β-amino-alcohol motifs (C(OH)–C–C–N with tert-alkyl or cyclic N) is 1. The molecular weight excluding hydrogens is 693 g/mol. The molecule has 1 unspecified atom stereocenters. The number of aliphatic imine (C=N–C) groups is 1. The van der Waals surface area contributed by atoms with Gasteiger partial charge in [-0.1, -0.05) is 18.0 Å². The van der Waals surface area contributed by atoms with Gasteiger partial charge in [-0.25, -0.2) is 14.4 Å². The van der Waals surface area contributed by atoms with Crippen LogP contribution in [0.2, 0.25) is 5.02 Å². The Bertz CT molecular complexity index is 1870. The molecule has 3 aromatic rings. The third-order valence-corrected chi connectivity index (χ3v) is 11.8. The van der Waals surface area contributed by atoms with Crippen molar-refractivity contribution in [1.82, 2.24) is 25.0 Å². The fourth-order valence-electron chi connectivity index (χ4n) is 9.05. The van der Waals surface area contributed by atoms with Crippen LogP contribution in [-0.2, 0) is 18.9 Å². The van der Waals surface area contributed by atoms with E-state index >= 15 is 4.39 Å². The SMILES string of the molecule is COc1nc(-c2c(Cl)c(C)cc3[nH]ncc23)c(F)c2c1C(N1CCOC[C@@](C)(O)C1)=NC(OC[C@]13CCC[C@H]1N(C[C@H]1COC(C)(C)O1)CCC3)N2. The first-order valence-corrected chi connectivity index (χ1v) is 18.7. The molecule has 4 aliphatic heterocycles. The number of pyridine rings is 1. The minimum Gasteiger partial charge on any atom is -0.480 e. The maximum absolute atomic E-state index is 17.3. The molecule has 1 saturated carbocycles. The lowest BCUT2D eigenvalue weighted by atomic mass is 9.75. The van der Waals surface area contributed by atoms with Gasteiger partial charge < -0.3 is 39.0 Å². The fraction of sp³-hybridized carbons (Fsp3) is 0.649. The topological polar surface area (TPSA) is 139 Å². The largest absolute Gasteiger partial charge is 0.480 e. The lowest BCUT2D eigenvalue weighted by molar-refractivity contribution is -0.143. The number of amidine groups is 1. The van der Waals surface area contributed by atoms with E-state index in [9.17, 15) is 5.11 Å². The molecule has 0 spiro atoms. The molecule has 5 atom stereocenters. The Labute approximate surface area is 308 Å². The van der Waals surface area contributed by atoms with Crippen LogP contribution in [0.4, 0.5) is 10.1 Å². The molecule has 1 aliphatic carbocycles. The van der Waals surface area contributed by atoms with E-state index in [0.29, 0.717) is 65.3 Å². The Kier molecular flexibility index (Phi) is 9.41. The number of aliphatic hydroxyl groups is 1. The fourth-order valence-corrected chi connectivity index (χ4v) is 9.30. The van der Waals surface area contributed by atoms with Gasteiger partial charge in [0, 0.05) is 35.5 Å². The molecule has 8 rings (SSSR count). The number of likely N-dealkylation sites (tertiary alicyclic amines) is 1. The molecule has 0 amide bonds. The number of ether oxygens (including phenoxy) is 5. The molecule has 0 bridgehead atoms. The molecule has 6 heterocycles. The van der Waals surface area contributed by atoms with Crippen LogP contribution in [-0.4, -0.2) is 126 Å². The number of methoxy groups -OCH3 is 1. The number of anilines is 1. The first kappa shape index (κ1) is 35.9. The summed E-state index contributed by atoms with van der Waals surface area (Å²) in [6.07, 6.45) is 6.04. The molecule has 282 valence electrons. The van der Waals surface area contributed by atoms with Crippen molar-refractivity contribution in [2.75, 3.05) is 65.0 Å². The van der Waals surface area contributed by atoms with Crippen molar-refractivity contribution < 1.29 is 33.2 Å². The highest BCUT2D eigenvalue weighted by Gasteiger charge is 2.50. The first-order valence-electron chi connectivity index (χ1n) is 18.3. The maximum Gasteiger partial charge on any atom is 0.227 e. The van der Waals surface area contributed by atoms with E-state index in [1.165, 1.54) is 7.11 Å². The summed E-state index contributed by atoms with van der Waals surface area (Å²) in [5.74, 6) is -0.611. The van der Waals surface area contributed by atoms with Gasteiger partial charge in [0.15, 0.2) is 11.6 Å². The highest BCUT2D eigenvalue weighted by Crippen LogP contribution is 2.49. The van der Waals surface area contributed by atoms with Gasteiger partial charge in [0.1, 0.15) is 22.7 Å². The smallest absolute Gasteiger partial charge is 0.227 e. The molecular formula is C37H49ClFN7O6. The van der Waals surface area contributed by atoms with E-state index in [-0.39, 0.29) is 41.9 Å². The summed E-state index contributed by atoms with van der Waals surface area (Å²) in [6, 6.07) is 2.21. The van der Waals surface area contributed by atoms with Gasteiger partial charge in [-0.3, -0.25) is 10.00 Å². The van der Waals surface area contributed by atoms with Crippen LogP contribution in [0, 0.1) is 18.2 Å². The van der Waals surface area contributed by atoms with Crippen molar-refractivity contribution in [2.24, 2.45) is 10.4 Å². The maximum atomic E-state index is 17.3. The van der Waals surface area contributed by atoms with E-state index in [2.05, 4.69) is 20.4 Å². The number of nitrogens with zero attached hydrogens (tertiary/aromatic N) is 5. The van der Waals surface area contributed by atoms with Crippen LogP contribution in [0.15, 0.2) is 17.3 Å². The molecule has 5 aliphatic rings. The van der Waals surface area contributed by atoms with Gasteiger partial charge >= 0.3 is 0 Å². The Morgan fingerprint density at radius 2 is 2.00 bits per heavy atom. The monoisotopic (exact) mass is 741 g/mol. The molecule has 2 aromatic heterocycles. The van der Waals surface area contributed by atoms with Crippen molar-refractivity contribution >= 4 is 34.0 Å². The highest BCUT2D eigenvalue weighted by atomic mass is 35.5. The van der Waals surface area contributed by atoms with E-state index in [4.69, 9.17) is 45.3 Å². The summed E-state index contributed by atoms with van der Waals surface area (Å²) in [5.41, 5.74) is 1.12. The Morgan fingerprint density at radius 1 is 1.17 bits per heavy atom. The standard InChI is InChI=1S/C37H49ClFN7O6/c1-21-14-24-23(15-40-44-24)26(28(21)38)30-29(39)31-27(33(41-30)48-5)32(46-12-13-49-19-36(4,47)18-46)43-34(42-31)50-20-37-9-6-8-25(37)45(11-7-10-37)16-22-17-51-35(2,3)52-22/h14-15,22,25,34,42,47H,6-13,16-20H2,1-5H3,(H,40,44)/t22-,25+,34?,36-,37+/m0/s1. The number of fused-ring (bicyclic) bond motifs is 3. The number of rotatable bonds is 7. The van der Waals surface area contributed by atoms with E-state index in [1.807, 2.05) is 31.7 Å². The molecule has 0 radical (unpaired) electrons. The molecule has 1 aromatic carbocycles. The van der Waals surface area contributed by atoms with Gasteiger partial charge in [0.25, 0.3) is 0 Å². The Hall–Kier alpha value is -3.11. The molecule has 4 fully saturated rings. The van der Waals surface area contributed by atoms with E-state index in [1.54, 1.807) is 13.1 Å². The second-order valence-electron chi connectivity index (χ2n) is 15.8. The summed E-state index contributed by atoms with van der Waals surface area (Å²) in [7, 11) is 1.50. The molecule has 3 N–H and O–H groups in total. The van der Waals surface area contributed by atoms with Crippen molar-refractivity contribution in [1.29, 1.82) is 0 Å². The summed E-state index contributed by atoms with van der Waals surface area (Å²) < 4.78 is 47.7. The lowest BCUT2D eigenvalue weighted by Gasteiger charge is -2.47. The van der Waals surface area contributed by atoms with Gasteiger partial charge in [-0.05, 0) is 71.6 Å². The molecule has 52 heavy (non-hydrogen) atoms. The number of aryl methyl sites for hydroxylation is 1. The first-order chi connectivity index (χ1) is 24.9. The number of benzene rings is 1. The summed E-state index contributed by atoms with van der Waals surface area (Å²) >= 11 is 6.88. The number of aromatic amines is 1. The van der Waals surface area contributed by atoms with Crippen molar-refractivity contribution in [2.45, 2.75) is 89.7 Å². The second kappa shape index (κ2) is 13.6. The number of halogens is 2. The quantitative estimate of drug-likeness (QED) is 0.299. The summed E-state index contributed by atoms with van der Waals surface area (Å²) in [6.45, 7) is 11.5. The zero-order chi connectivity index (χ0) is 36.4. The number of piperidine rings is 1. The normalized spacial score (nSPS) is 30.5. The van der Waals surface area contributed by atoms with E-state index in [0.717, 1.165) is 50.8 Å². The van der Waals surface area contributed by atoms with Gasteiger partial charge in [0.2, 0.25) is 12.2 Å². The van der Waals surface area contributed by atoms with Crippen LogP contribution in [0.3, 0.4) is 0 Å². The molecule has 15 heteroatoms. The lowest BCUT2D eigenvalue weighted by Crippen LogP contribution is -2.54. The Morgan fingerprint density at radius 3 is 2.79 bits per heavy atom. The van der Waals surface area contributed by atoms with Crippen LogP contribution < -0.4 is 10.1 Å². The van der Waals surface area contributed by atoms with Crippen molar-refractivity contribution in [3.8, 4) is 17.1 Å². The Balaban J connectivity index is 1.15. The van der Waals surface area contributed by atoms with Gasteiger partial charge in [-0.2, -0.15) is 5.10 Å². The van der Waals surface area contributed by atoms with Crippen LogP contribution >= 0.6 is 11.6 Å². The van der Waals surface area contributed by atoms with Crippen molar-refractivity contribution in [3.63, 3.8) is 0 Å². The van der Waals surface area contributed by atoms with Crippen LogP contribution in [0.5, 0.6) is 5.88 Å². The number of H-pyrrole nitrogens is 1. The molecule has 3 saturated heterocycles. The highest BCUT2D eigenvalue weighted by molar-refractivity contribution is 6.35. The minimum absolute atomic E-state index is 0.0214. The zero-order valence-electron chi connectivity index (χ0n) is 30.6. The number of hydrogen-bond acceptors (Lipinski definition) is 12. The van der Waals surface area contributed by atoms with Crippen LogP contribution in [0.1, 0.15) is 64.0 Å². The second-order valence-corrected chi connectivity index (χ2v) is 16.2. The predicted octanol–water partition coefficient (Wildman–Crippen LogP) is 5.08. The van der Waals surface area contributed by atoms with Crippen LogP contribution in [0.25, 0.3) is 22.2 Å². The van der Waals surface area contributed by atoms with Gasteiger partial charge in [0.05, 0.1) is 68.6 Å². The third-order valence-electron chi connectivity index (χ3n) is 11.3. The van der Waals surface area contributed by atoms with Gasteiger partial charge in [-0.15, -0.1) is 0 Å². The number of hydrogen-bond donors (Lipinski definition) is 3. The zero-order valence-corrected chi connectivity index (χ0v) is 31.3. The summed E-state index contributed by atoms with van der Waals surface area (Å²) in [5, 5.41) is 22.6. The summed E-state index contributed by atoms with van der Waals surface area (Å²) in [4.78, 5) is 14.3. The third kappa shape index (κ3) is 6.54. The number of aromatic nitrogens is 3. The predicted molar refractivity (Wildman–Crippen MR) is 194 cm³/mol. The average molecular weight is 742 g/mol. The molecule has 13 nitrogen and oxygen atoms in total. The number of nitrogens with one attached hydrogen (secondary N) is 2. The van der Waals surface area contributed by atoms with E-state index < -0.39 is 23.6 Å². The average Bonchev–Trinajstić information content (AvgIpc) is 3.81.